The van der Waals surface area contributed by atoms with Gasteiger partial charge in [0.2, 0.25) is 5.95 Å². The Kier molecular flexibility index (Phi) is 4.14. The van der Waals surface area contributed by atoms with Crippen LogP contribution in [-0.4, -0.2) is 30.0 Å². The Balaban J connectivity index is 2.21. The Morgan fingerprint density at radius 1 is 1.35 bits per heavy atom. The monoisotopic (exact) mass is 271 g/mol. The van der Waals surface area contributed by atoms with Gasteiger partial charge in [-0.3, -0.25) is 5.41 Å². The number of rotatable bonds is 5. The molecule has 0 spiro atoms. The molecule has 1 aromatic heterocycles. The fraction of sp³-hybridized carbons (Fsp3) is 0.214. The van der Waals surface area contributed by atoms with Gasteiger partial charge in [0, 0.05) is 25.4 Å². The number of benzene rings is 1. The predicted molar refractivity (Wildman–Crippen MR) is 78.1 cm³/mol. The Hall–Kier alpha value is -2.63. The molecule has 0 bridgehead atoms. The van der Waals surface area contributed by atoms with Crippen LogP contribution in [0.15, 0.2) is 36.5 Å². The van der Waals surface area contributed by atoms with Crippen molar-refractivity contribution in [2.24, 2.45) is 5.73 Å². The molecule has 2 aromatic rings. The molecule has 104 valence electrons. The van der Waals surface area contributed by atoms with Crippen LogP contribution in [0.25, 0.3) is 0 Å². The van der Waals surface area contributed by atoms with Crippen molar-refractivity contribution in [1.82, 2.24) is 9.97 Å². The number of anilines is 1. The quantitative estimate of drug-likeness (QED) is 0.634. The van der Waals surface area contributed by atoms with Crippen LogP contribution in [0, 0.1) is 5.41 Å². The second-order valence-corrected chi connectivity index (χ2v) is 4.32. The summed E-state index contributed by atoms with van der Waals surface area (Å²) in [5.74, 6) is 1.27. The van der Waals surface area contributed by atoms with E-state index in [-0.39, 0.29) is 5.84 Å². The zero-order chi connectivity index (χ0) is 14.5. The van der Waals surface area contributed by atoms with Gasteiger partial charge in [-0.05, 0) is 12.1 Å². The fourth-order valence-electron chi connectivity index (χ4n) is 1.84. The first-order valence-corrected chi connectivity index (χ1v) is 6.12. The van der Waals surface area contributed by atoms with Crippen LogP contribution in [0.3, 0.4) is 0 Å². The fourth-order valence-corrected chi connectivity index (χ4v) is 1.84. The van der Waals surface area contributed by atoms with Crippen molar-refractivity contribution >= 4 is 11.8 Å². The second kappa shape index (κ2) is 6.01. The summed E-state index contributed by atoms with van der Waals surface area (Å²) in [4.78, 5) is 10.3. The van der Waals surface area contributed by atoms with Gasteiger partial charge in [-0.15, -0.1) is 0 Å². The van der Waals surface area contributed by atoms with Crippen molar-refractivity contribution in [3.8, 4) is 5.75 Å². The number of nitrogen functional groups attached to an aromatic ring is 1. The summed E-state index contributed by atoms with van der Waals surface area (Å²) in [5.41, 5.74) is 6.89. The first-order chi connectivity index (χ1) is 9.61. The first-order valence-electron chi connectivity index (χ1n) is 6.12. The van der Waals surface area contributed by atoms with Crippen LogP contribution in [0.2, 0.25) is 0 Å². The third kappa shape index (κ3) is 3.03. The SMILES string of the molecule is COc1ccccc1CN(C)c1nccc(C(=N)N)n1. The van der Waals surface area contributed by atoms with Crippen molar-refractivity contribution in [2.75, 3.05) is 19.1 Å². The number of amidine groups is 1. The van der Waals surface area contributed by atoms with Crippen molar-refractivity contribution in [1.29, 1.82) is 5.41 Å². The highest BCUT2D eigenvalue weighted by Gasteiger charge is 2.10. The van der Waals surface area contributed by atoms with E-state index in [0.717, 1.165) is 11.3 Å². The van der Waals surface area contributed by atoms with E-state index < -0.39 is 0 Å². The minimum Gasteiger partial charge on any atom is -0.496 e. The van der Waals surface area contributed by atoms with Gasteiger partial charge in [0.15, 0.2) is 0 Å². The molecule has 0 amide bonds. The van der Waals surface area contributed by atoms with Crippen molar-refractivity contribution in [3.63, 3.8) is 0 Å². The molecule has 6 nitrogen and oxygen atoms in total. The number of aromatic nitrogens is 2. The van der Waals surface area contributed by atoms with E-state index in [2.05, 4.69) is 9.97 Å². The minimum atomic E-state index is -0.0701. The molecule has 1 aromatic carbocycles. The number of ether oxygens (including phenoxy) is 1. The number of methoxy groups -OCH3 is 1. The van der Waals surface area contributed by atoms with Gasteiger partial charge >= 0.3 is 0 Å². The molecule has 20 heavy (non-hydrogen) atoms. The van der Waals surface area contributed by atoms with E-state index >= 15 is 0 Å². The van der Waals surface area contributed by atoms with Crippen LogP contribution < -0.4 is 15.4 Å². The largest absolute Gasteiger partial charge is 0.496 e. The lowest BCUT2D eigenvalue weighted by Crippen LogP contribution is -2.22. The third-order valence-corrected chi connectivity index (χ3v) is 2.86. The molecule has 0 aliphatic carbocycles. The van der Waals surface area contributed by atoms with Crippen LogP contribution in [-0.2, 0) is 6.54 Å². The summed E-state index contributed by atoms with van der Waals surface area (Å²) in [5, 5.41) is 7.41. The number of hydrogen-bond donors (Lipinski definition) is 2. The molecular formula is C14H17N5O. The first kappa shape index (κ1) is 13.8. The van der Waals surface area contributed by atoms with Gasteiger partial charge in [0.05, 0.1) is 7.11 Å². The number of hydrogen-bond acceptors (Lipinski definition) is 5. The Morgan fingerprint density at radius 2 is 2.10 bits per heavy atom. The maximum absolute atomic E-state index is 7.41. The number of para-hydroxylation sites is 1. The minimum absolute atomic E-state index is 0.0701. The molecule has 0 aliphatic rings. The van der Waals surface area contributed by atoms with Crippen LogP contribution in [0.4, 0.5) is 5.95 Å². The zero-order valence-corrected chi connectivity index (χ0v) is 11.5. The maximum Gasteiger partial charge on any atom is 0.226 e. The molecule has 0 unspecified atom stereocenters. The highest BCUT2D eigenvalue weighted by atomic mass is 16.5. The molecule has 2 rings (SSSR count). The van der Waals surface area contributed by atoms with E-state index in [1.54, 1.807) is 19.4 Å². The average molecular weight is 271 g/mol. The van der Waals surface area contributed by atoms with Crippen molar-refractivity contribution < 1.29 is 4.74 Å². The summed E-state index contributed by atoms with van der Waals surface area (Å²) in [7, 11) is 3.53. The molecule has 0 saturated carbocycles. The lowest BCUT2D eigenvalue weighted by molar-refractivity contribution is 0.409. The standard InChI is InChI=1S/C14H17N5O/c1-19(9-10-5-3-4-6-12(10)20-2)14-17-8-7-11(18-14)13(15)16/h3-8H,9H2,1-2H3,(H3,15,16). The van der Waals surface area contributed by atoms with Crippen molar-refractivity contribution in [3.05, 3.63) is 47.8 Å². The third-order valence-electron chi connectivity index (χ3n) is 2.86. The smallest absolute Gasteiger partial charge is 0.226 e. The normalized spacial score (nSPS) is 10.1. The van der Waals surface area contributed by atoms with E-state index in [0.29, 0.717) is 18.2 Å². The summed E-state index contributed by atoms with van der Waals surface area (Å²) in [6.45, 7) is 0.603. The Labute approximate surface area is 117 Å². The van der Waals surface area contributed by atoms with Gasteiger partial charge in [-0.25, -0.2) is 9.97 Å². The average Bonchev–Trinajstić information content (AvgIpc) is 2.48. The van der Waals surface area contributed by atoms with Crippen LogP contribution in [0.1, 0.15) is 11.3 Å². The number of nitrogens with zero attached hydrogens (tertiary/aromatic N) is 3. The van der Waals surface area contributed by atoms with E-state index in [9.17, 15) is 0 Å². The second-order valence-electron chi connectivity index (χ2n) is 4.32. The molecular weight excluding hydrogens is 254 g/mol. The highest BCUT2D eigenvalue weighted by molar-refractivity contribution is 5.93. The molecule has 0 fully saturated rings. The molecule has 1 heterocycles. The van der Waals surface area contributed by atoms with Crippen LogP contribution in [0.5, 0.6) is 5.75 Å². The van der Waals surface area contributed by atoms with Gasteiger partial charge < -0.3 is 15.4 Å². The van der Waals surface area contributed by atoms with E-state index in [4.69, 9.17) is 15.9 Å². The lowest BCUT2D eigenvalue weighted by Gasteiger charge is -2.18. The molecule has 0 aliphatic heterocycles. The van der Waals surface area contributed by atoms with Gasteiger partial charge in [-0.1, -0.05) is 18.2 Å². The molecule has 0 radical (unpaired) electrons. The van der Waals surface area contributed by atoms with Gasteiger partial charge in [0.1, 0.15) is 17.3 Å². The summed E-state index contributed by atoms with van der Waals surface area (Å²) < 4.78 is 5.32. The Morgan fingerprint density at radius 3 is 2.80 bits per heavy atom. The summed E-state index contributed by atoms with van der Waals surface area (Å²) in [6.07, 6.45) is 1.60. The molecule has 6 heteroatoms. The topological polar surface area (TPSA) is 88.1 Å². The van der Waals surface area contributed by atoms with Crippen LogP contribution >= 0.6 is 0 Å². The van der Waals surface area contributed by atoms with E-state index in [1.165, 1.54) is 0 Å². The van der Waals surface area contributed by atoms with Gasteiger partial charge in [-0.2, -0.15) is 0 Å². The van der Waals surface area contributed by atoms with E-state index in [1.807, 2.05) is 36.2 Å². The van der Waals surface area contributed by atoms with Crippen molar-refractivity contribution in [2.45, 2.75) is 6.54 Å². The highest BCUT2D eigenvalue weighted by Crippen LogP contribution is 2.20. The summed E-state index contributed by atoms with van der Waals surface area (Å²) in [6, 6.07) is 9.40. The summed E-state index contributed by atoms with van der Waals surface area (Å²) >= 11 is 0. The number of nitrogens with one attached hydrogen (secondary N) is 1. The maximum atomic E-state index is 7.41. The lowest BCUT2D eigenvalue weighted by atomic mass is 10.2. The Bertz CT molecular complexity index is 614. The van der Waals surface area contributed by atoms with Gasteiger partial charge in [0.25, 0.3) is 0 Å². The zero-order valence-electron chi connectivity index (χ0n) is 11.5. The number of nitrogens with two attached hydrogens (primary N) is 1. The molecule has 0 atom stereocenters. The molecule has 0 saturated heterocycles. The predicted octanol–water partition coefficient (Wildman–Crippen LogP) is 1.41. The molecule has 3 N–H and O–H groups in total.